The molecule has 3 aromatic rings. The molecule has 0 N–H and O–H groups in total. The van der Waals surface area contributed by atoms with Gasteiger partial charge in [0.05, 0.1) is 38.1 Å². The van der Waals surface area contributed by atoms with Gasteiger partial charge in [0.1, 0.15) is 12.0 Å². The Morgan fingerprint density at radius 1 is 1.05 bits per heavy atom. The van der Waals surface area contributed by atoms with E-state index in [4.69, 9.17) is 14.6 Å². The van der Waals surface area contributed by atoms with Crippen LogP contribution in [-0.2, 0) is 4.74 Å². The van der Waals surface area contributed by atoms with Gasteiger partial charge in [0.25, 0.3) is 0 Å². The average Bonchev–Trinajstić information content (AvgIpc) is 3.33. The van der Waals surface area contributed by atoms with Crippen LogP contribution in [-0.4, -0.2) is 108 Å². The number of alkyl halides is 1. The van der Waals surface area contributed by atoms with Crippen molar-refractivity contribution in [1.29, 1.82) is 0 Å². The summed E-state index contributed by atoms with van der Waals surface area (Å²) in [6.07, 6.45) is 4.20. The van der Waals surface area contributed by atoms with E-state index in [9.17, 15) is 0 Å². The van der Waals surface area contributed by atoms with Gasteiger partial charge in [-0.2, -0.15) is 15.1 Å². The van der Waals surface area contributed by atoms with E-state index in [1.54, 1.807) is 7.11 Å². The fourth-order valence-electron chi connectivity index (χ4n) is 6.18. The van der Waals surface area contributed by atoms with Crippen LogP contribution in [0.4, 0.5) is 10.2 Å². The van der Waals surface area contributed by atoms with E-state index in [0.29, 0.717) is 24.4 Å². The zero-order valence-electron chi connectivity index (χ0n) is 23.4. The molecule has 210 valence electrons. The molecule has 3 aliphatic heterocycles. The van der Waals surface area contributed by atoms with Gasteiger partial charge in [0.2, 0.25) is 0 Å². The molecule has 0 aliphatic carbocycles. The van der Waals surface area contributed by atoms with Crippen LogP contribution in [0.15, 0.2) is 24.4 Å². The summed E-state index contributed by atoms with van der Waals surface area (Å²) >= 11 is 0. The number of likely N-dealkylation sites (tertiary alicyclic amines) is 1. The van der Waals surface area contributed by atoms with Crippen LogP contribution >= 0.6 is 0 Å². The van der Waals surface area contributed by atoms with Crippen molar-refractivity contribution in [2.24, 2.45) is 0 Å². The molecule has 10 heteroatoms. The molecule has 9 nitrogen and oxygen atoms in total. The molecule has 3 saturated heterocycles. The highest BCUT2D eigenvalue weighted by Gasteiger charge is 2.36. The molecule has 3 fully saturated rings. The number of aromatic nitrogens is 4. The minimum atomic E-state index is -0.909. The van der Waals surface area contributed by atoms with Crippen LogP contribution in [0, 0.1) is 6.92 Å². The second kappa shape index (κ2) is 11.3. The molecule has 2 atom stereocenters. The summed E-state index contributed by atoms with van der Waals surface area (Å²) in [5.41, 5.74) is 3.09. The Morgan fingerprint density at radius 3 is 2.54 bits per heavy atom. The summed E-state index contributed by atoms with van der Waals surface area (Å²) in [5, 5.41) is 5.71. The second-order valence-corrected chi connectivity index (χ2v) is 11.2. The highest BCUT2D eigenvalue weighted by molar-refractivity contribution is 5.82. The molecular weight excluding hydrogens is 497 g/mol. The fraction of sp³-hybridized carbons (Fsp3) is 0.621. The largest absolute Gasteiger partial charge is 0.467 e. The van der Waals surface area contributed by atoms with Crippen molar-refractivity contribution >= 4 is 16.7 Å². The molecule has 0 radical (unpaired) electrons. The van der Waals surface area contributed by atoms with E-state index in [-0.39, 0.29) is 5.92 Å². The van der Waals surface area contributed by atoms with Crippen molar-refractivity contribution < 1.29 is 13.9 Å². The number of benzene rings is 1. The van der Waals surface area contributed by atoms with Crippen LogP contribution in [0.25, 0.3) is 16.7 Å². The number of piperazine rings is 1. The van der Waals surface area contributed by atoms with Crippen molar-refractivity contribution in [3.63, 3.8) is 0 Å². The number of rotatable bonds is 8. The maximum absolute atomic E-state index is 15.5. The predicted octanol–water partition coefficient (Wildman–Crippen LogP) is 3.58. The number of anilines is 1. The second-order valence-electron chi connectivity index (χ2n) is 11.2. The minimum absolute atomic E-state index is 0.130. The van der Waals surface area contributed by atoms with Gasteiger partial charge in [-0.05, 0) is 56.1 Å². The van der Waals surface area contributed by atoms with Gasteiger partial charge < -0.3 is 14.4 Å². The number of piperidine rings is 1. The summed E-state index contributed by atoms with van der Waals surface area (Å²) < 4.78 is 28.2. The molecule has 0 spiro atoms. The number of fused-ring (bicyclic) bond motifs is 1. The summed E-state index contributed by atoms with van der Waals surface area (Å²) in [6, 6.07) is 6.94. The Bertz CT molecular complexity index is 1290. The van der Waals surface area contributed by atoms with Gasteiger partial charge in [0.15, 0.2) is 5.82 Å². The predicted molar refractivity (Wildman–Crippen MR) is 150 cm³/mol. The molecule has 5 heterocycles. The lowest BCUT2D eigenvalue weighted by molar-refractivity contribution is -0.0807. The van der Waals surface area contributed by atoms with Crippen LogP contribution in [0.1, 0.15) is 43.2 Å². The van der Waals surface area contributed by atoms with Crippen molar-refractivity contribution in [3.05, 3.63) is 35.5 Å². The Hall–Kier alpha value is -2.82. The van der Waals surface area contributed by atoms with E-state index in [1.165, 1.54) is 12.8 Å². The fourth-order valence-corrected chi connectivity index (χ4v) is 6.18. The van der Waals surface area contributed by atoms with Crippen LogP contribution in [0.5, 0.6) is 6.01 Å². The molecule has 6 rings (SSSR count). The van der Waals surface area contributed by atoms with Crippen molar-refractivity contribution in [2.45, 2.75) is 51.2 Å². The average molecular weight is 538 g/mol. The number of ether oxygens (including phenoxy) is 2. The molecule has 0 bridgehead atoms. The molecule has 39 heavy (non-hydrogen) atoms. The van der Waals surface area contributed by atoms with E-state index in [1.807, 2.05) is 16.9 Å². The zero-order chi connectivity index (χ0) is 26.9. The molecule has 2 aromatic heterocycles. The van der Waals surface area contributed by atoms with Crippen molar-refractivity contribution in [3.8, 4) is 11.8 Å². The number of aryl methyl sites for hydroxylation is 1. The van der Waals surface area contributed by atoms with E-state index < -0.39 is 6.17 Å². The van der Waals surface area contributed by atoms with Crippen molar-refractivity contribution in [2.75, 3.05) is 71.0 Å². The topological polar surface area (TPSA) is 71.8 Å². The van der Waals surface area contributed by atoms with Crippen LogP contribution in [0.2, 0.25) is 0 Å². The third-order valence-electron chi connectivity index (χ3n) is 8.67. The smallest absolute Gasteiger partial charge is 0.320 e. The van der Waals surface area contributed by atoms with E-state index in [2.05, 4.69) is 50.6 Å². The van der Waals surface area contributed by atoms with Crippen LogP contribution in [0.3, 0.4) is 0 Å². The van der Waals surface area contributed by atoms with Gasteiger partial charge in [0, 0.05) is 50.1 Å². The first-order valence-electron chi connectivity index (χ1n) is 14.4. The quantitative estimate of drug-likeness (QED) is 0.432. The summed E-state index contributed by atoms with van der Waals surface area (Å²) in [6.45, 7) is 12.1. The molecule has 1 aromatic carbocycles. The summed E-state index contributed by atoms with van der Waals surface area (Å²) in [5.74, 6) is 1.38. The maximum Gasteiger partial charge on any atom is 0.320 e. The number of unbranched alkanes of at least 4 members (excludes halogenated alkanes) is 1. The standard InChI is InChI=1S/C29H40FN7O2/c1-4-5-7-34-9-11-35(12-10-34)27-15-28(33-29(32-27)38-3)37-26-14-24(20(2)13-21(26)16-31-37)23-6-8-36(17-25(23)30)22-18-39-19-22/h13-16,22-23,25H,4-12,17-19H2,1-3H3. The lowest BCUT2D eigenvalue weighted by atomic mass is 9.84. The number of methoxy groups -OCH3 is 1. The van der Waals surface area contributed by atoms with E-state index in [0.717, 1.165) is 86.8 Å². The van der Waals surface area contributed by atoms with Crippen LogP contribution < -0.4 is 9.64 Å². The van der Waals surface area contributed by atoms with Gasteiger partial charge in [-0.25, -0.2) is 9.07 Å². The summed E-state index contributed by atoms with van der Waals surface area (Å²) in [7, 11) is 1.59. The Morgan fingerprint density at radius 2 is 1.85 bits per heavy atom. The molecule has 3 aliphatic rings. The monoisotopic (exact) mass is 537 g/mol. The first-order valence-corrected chi connectivity index (χ1v) is 14.4. The SMILES string of the molecule is CCCCN1CCN(c2cc(-n3ncc4cc(C)c(C5CCN(C6COC6)CC5F)cc43)nc(OC)n2)CC1. The zero-order valence-corrected chi connectivity index (χ0v) is 23.4. The molecule has 0 saturated carbocycles. The lowest BCUT2D eigenvalue weighted by Crippen LogP contribution is -2.54. The number of halogens is 1. The molecular formula is C29H40FN7O2. The first-order chi connectivity index (χ1) is 19.0. The lowest BCUT2D eigenvalue weighted by Gasteiger charge is -2.43. The van der Waals surface area contributed by atoms with Gasteiger partial charge in [-0.1, -0.05) is 13.3 Å². The van der Waals surface area contributed by atoms with Crippen molar-refractivity contribution in [1.82, 2.24) is 29.5 Å². The van der Waals surface area contributed by atoms with Gasteiger partial charge in [-0.15, -0.1) is 0 Å². The van der Waals surface area contributed by atoms with Gasteiger partial charge >= 0.3 is 6.01 Å². The highest BCUT2D eigenvalue weighted by atomic mass is 19.1. The minimum Gasteiger partial charge on any atom is -0.467 e. The number of hydrogen-bond acceptors (Lipinski definition) is 8. The third-order valence-corrected chi connectivity index (χ3v) is 8.67. The number of nitrogens with zero attached hydrogens (tertiary/aromatic N) is 7. The normalized spacial score (nSPS) is 23.3. The third kappa shape index (κ3) is 5.34. The highest BCUT2D eigenvalue weighted by Crippen LogP contribution is 2.36. The maximum atomic E-state index is 15.5. The Labute approximate surface area is 229 Å². The van der Waals surface area contributed by atoms with E-state index >= 15 is 4.39 Å². The molecule has 0 amide bonds. The van der Waals surface area contributed by atoms with Gasteiger partial charge in [-0.3, -0.25) is 9.80 Å². The number of hydrogen-bond donors (Lipinski definition) is 0. The Kier molecular flexibility index (Phi) is 7.68. The summed E-state index contributed by atoms with van der Waals surface area (Å²) in [4.78, 5) is 16.4. The molecule has 2 unspecified atom stereocenters. The first kappa shape index (κ1) is 26.4. The Balaban J connectivity index is 1.27.